The molecule has 0 saturated carbocycles. The number of rotatable bonds is 5. The number of hydrogen-bond donors (Lipinski definition) is 2. The number of nitrogens with one attached hydrogen (secondary N) is 1. The maximum absolute atomic E-state index is 12.4. The number of halogens is 2. The van der Waals surface area contributed by atoms with Crippen LogP contribution in [0.4, 0.5) is 4.79 Å². The van der Waals surface area contributed by atoms with Crippen molar-refractivity contribution in [3.05, 3.63) is 45.0 Å². The Morgan fingerprint density at radius 3 is 2.57 bits per heavy atom. The van der Waals surface area contributed by atoms with Crippen LogP contribution in [0.5, 0.6) is 0 Å². The third-order valence-corrected chi connectivity index (χ3v) is 8.50. The number of benzene rings is 1. The number of amides is 2. The highest BCUT2D eigenvalue weighted by Gasteiger charge is 2.34. The van der Waals surface area contributed by atoms with Crippen LogP contribution in [0.25, 0.3) is 21.5 Å². The largest absolute Gasteiger partial charge is 0.372 e. The zero-order valence-electron chi connectivity index (χ0n) is 19.8. The number of likely N-dealkylation sites (N-methyl/N-ethyl adjacent to an activating group) is 1. The van der Waals surface area contributed by atoms with Crippen LogP contribution in [0, 0.1) is 0 Å². The van der Waals surface area contributed by atoms with E-state index in [4.69, 9.17) is 23.2 Å². The van der Waals surface area contributed by atoms with Crippen LogP contribution in [0.3, 0.4) is 0 Å². The number of urea groups is 1. The predicted molar refractivity (Wildman–Crippen MR) is 140 cm³/mol. The molecule has 5 rings (SSSR count). The van der Waals surface area contributed by atoms with Crippen LogP contribution in [0.1, 0.15) is 24.3 Å². The highest BCUT2D eigenvalue weighted by atomic mass is 35.5. The van der Waals surface area contributed by atoms with E-state index in [0.717, 1.165) is 45.0 Å². The Hall–Kier alpha value is -2.01. The molecule has 2 saturated heterocycles. The molecule has 3 atom stereocenters. The molecule has 4 heterocycles. The van der Waals surface area contributed by atoms with E-state index in [0.29, 0.717) is 41.8 Å². The number of piperazine rings is 1. The number of aliphatic hydroxyl groups excluding tert-OH is 1. The van der Waals surface area contributed by atoms with Gasteiger partial charge in [-0.2, -0.15) is 0 Å². The molecule has 0 spiro atoms. The van der Waals surface area contributed by atoms with Crippen LogP contribution in [0.2, 0.25) is 10.0 Å². The number of fused-ring (bicyclic) bond motifs is 1. The molecule has 2 aliphatic heterocycles. The van der Waals surface area contributed by atoms with Gasteiger partial charge >= 0.3 is 6.03 Å². The van der Waals surface area contributed by atoms with Crippen LogP contribution in [-0.2, 0) is 13.1 Å². The van der Waals surface area contributed by atoms with E-state index in [1.807, 2.05) is 12.1 Å². The molecule has 1 aromatic carbocycles. The van der Waals surface area contributed by atoms with Crippen molar-refractivity contribution in [1.82, 2.24) is 30.0 Å². The average Bonchev–Trinajstić information content (AvgIpc) is 3.32. The van der Waals surface area contributed by atoms with Crippen molar-refractivity contribution in [3.63, 3.8) is 0 Å². The Bertz CT molecular complexity index is 1260. The Kier molecular flexibility index (Phi) is 6.91. The van der Waals surface area contributed by atoms with Crippen molar-refractivity contribution in [3.8, 4) is 11.3 Å². The van der Waals surface area contributed by atoms with E-state index in [-0.39, 0.29) is 6.03 Å². The van der Waals surface area contributed by atoms with Crippen molar-refractivity contribution in [1.29, 1.82) is 0 Å². The molecule has 35 heavy (non-hydrogen) atoms. The van der Waals surface area contributed by atoms with Gasteiger partial charge in [0, 0.05) is 59.3 Å². The van der Waals surface area contributed by atoms with Crippen molar-refractivity contribution in [2.45, 2.75) is 45.2 Å². The van der Waals surface area contributed by atoms with Gasteiger partial charge in [-0.15, -0.1) is 11.3 Å². The van der Waals surface area contributed by atoms with E-state index in [9.17, 15) is 9.90 Å². The molecule has 8 nitrogen and oxygen atoms in total. The van der Waals surface area contributed by atoms with Crippen LogP contribution >= 0.6 is 34.5 Å². The number of hydrogen-bond acceptors (Lipinski definition) is 7. The maximum atomic E-state index is 12.4. The highest BCUT2D eigenvalue weighted by Crippen LogP contribution is 2.39. The van der Waals surface area contributed by atoms with Gasteiger partial charge in [0.05, 0.1) is 29.0 Å². The molecule has 0 radical (unpaired) electrons. The number of thiophene rings is 1. The van der Waals surface area contributed by atoms with E-state index in [1.165, 1.54) is 21.1 Å². The lowest BCUT2D eigenvalue weighted by molar-refractivity contribution is 0.0595. The molecule has 2 N–H and O–H groups in total. The number of carbonyl (C=O) groups excluding carboxylic acids is 1. The van der Waals surface area contributed by atoms with Crippen LogP contribution in [-0.4, -0.2) is 80.8 Å². The lowest BCUT2D eigenvalue weighted by Crippen LogP contribution is -2.54. The standard InChI is InChI=1S/C24H28Cl2N6O2S/c1-13-7-27-8-14(2)31(13)10-18-17(4-15(25)5-19(18)26)22-23-20(28-12-29-22)6-16(35-23)9-32-21(33)11-30(3)24(32)34/h4-6,12-14,21,27,33H,7-11H2,1-3H3/t13-,14-,21?/m0/s1. The van der Waals surface area contributed by atoms with E-state index >= 15 is 0 Å². The van der Waals surface area contributed by atoms with Crippen molar-refractivity contribution >= 4 is 50.8 Å². The summed E-state index contributed by atoms with van der Waals surface area (Å²) in [5.41, 5.74) is 3.43. The summed E-state index contributed by atoms with van der Waals surface area (Å²) in [4.78, 5) is 27.9. The molecular formula is C24H28Cl2N6O2S. The lowest BCUT2D eigenvalue weighted by atomic mass is 10.0. The highest BCUT2D eigenvalue weighted by molar-refractivity contribution is 7.19. The smallest absolute Gasteiger partial charge is 0.322 e. The van der Waals surface area contributed by atoms with E-state index in [1.54, 1.807) is 19.4 Å². The van der Waals surface area contributed by atoms with Crippen LogP contribution < -0.4 is 5.32 Å². The van der Waals surface area contributed by atoms with Gasteiger partial charge in [0.15, 0.2) is 0 Å². The van der Waals surface area contributed by atoms with E-state index in [2.05, 4.69) is 34.0 Å². The molecule has 0 aliphatic carbocycles. The van der Waals surface area contributed by atoms with Gasteiger partial charge in [-0.1, -0.05) is 23.2 Å². The lowest BCUT2D eigenvalue weighted by Gasteiger charge is -2.40. The molecule has 2 fully saturated rings. The summed E-state index contributed by atoms with van der Waals surface area (Å²) < 4.78 is 0.901. The first kappa shape index (κ1) is 24.7. The predicted octanol–water partition coefficient (Wildman–Crippen LogP) is 4.03. The fourth-order valence-electron chi connectivity index (χ4n) is 4.92. The van der Waals surface area contributed by atoms with Gasteiger partial charge in [-0.05, 0) is 37.6 Å². The number of β-amino-alcohol motifs (C(OH)–C–C–N with tert-alkyl or cyclic N) is 1. The Morgan fingerprint density at radius 2 is 1.89 bits per heavy atom. The molecule has 2 aromatic heterocycles. The maximum Gasteiger partial charge on any atom is 0.322 e. The molecular weight excluding hydrogens is 507 g/mol. The van der Waals surface area contributed by atoms with Gasteiger partial charge < -0.3 is 15.3 Å². The number of nitrogens with zero attached hydrogens (tertiary/aromatic N) is 5. The first-order chi connectivity index (χ1) is 16.7. The minimum Gasteiger partial charge on any atom is -0.372 e. The molecule has 2 amide bonds. The van der Waals surface area contributed by atoms with Gasteiger partial charge in [-0.25, -0.2) is 14.8 Å². The first-order valence-electron chi connectivity index (χ1n) is 11.6. The summed E-state index contributed by atoms with van der Waals surface area (Å²) in [6, 6.07) is 6.19. The third-order valence-electron chi connectivity index (χ3n) is 6.83. The van der Waals surface area contributed by atoms with Crippen molar-refractivity contribution < 1.29 is 9.90 Å². The SMILES string of the molecule is C[C@H]1CNC[C@H](C)N1Cc1c(Cl)cc(Cl)cc1-c1ncnc2cc(CN3C(=O)N(C)CC3O)sc12. The second-order valence-corrected chi connectivity index (χ2v) is 11.3. The summed E-state index contributed by atoms with van der Waals surface area (Å²) in [5.74, 6) is 0. The van der Waals surface area contributed by atoms with Gasteiger partial charge in [-0.3, -0.25) is 9.80 Å². The van der Waals surface area contributed by atoms with Gasteiger partial charge in [0.25, 0.3) is 0 Å². The quantitative estimate of drug-likeness (QED) is 0.513. The molecule has 1 unspecified atom stereocenters. The minimum atomic E-state index is -0.829. The number of carbonyl (C=O) groups is 1. The summed E-state index contributed by atoms with van der Waals surface area (Å²) in [6.07, 6.45) is 0.719. The molecule has 3 aromatic rings. The zero-order valence-corrected chi connectivity index (χ0v) is 22.2. The molecule has 186 valence electrons. The van der Waals surface area contributed by atoms with Crippen molar-refractivity contribution in [2.24, 2.45) is 0 Å². The minimum absolute atomic E-state index is 0.190. The molecule has 0 bridgehead atoms. The van der Waals surface area contributed by atoms with Gasteiger partial charge in [0.2, 0.25) is 0 Å². The average molecular weight is 536 g/mol. The summed E-state index contributed by atoms with van der Waals surface area (Å²) in [6.45, 7) is 7.56. The zero-order chi connectivity index (χ0) is 24.9. The third kappa shape index (κ3) is 4.73. The topological polar surface area (TPSA) is 84.8 Å². The summed E-state index contributed by atoms with van der Waals surface area (Å²) >= 11 is 14.8. The number of aliphatic hydroxyl groups is 1. The normalized spacial score (nSPS) is 23.6. The molecule has 11 heteroatoms. The Balaban J connectivity index is 1.54. The Labute approximate surface area is 218 Å². The second-order valence-electron chi connectivity index (χ2n) is 9.36. The number of aromatic nitrogens is 2. The van der Waals surface area contributed by atoms with Crippen LogP contribution in [0.15, 0.2) is 24.5 Å². The monoisotopic (exact) mass is 534 g/mol. The Morgan fingerprint density at radius 1 is 1.14 bits per heavy atom. The second kappa shape index (κ2) is 9.80. The van der Waals surface area contributed by atoms with E-state index < -0.39 is 6.23 Å². The molecule has 2 aliphatic rings. The van der Waals surface area contributed by atoms with Crippen molar-refractivity contribution in [2.75, 3.05) is 26.7 Å². The summed E-state index contributed by atoms with van der Waals surface area (Å²) in [5, 5.41) is 14.9. The fourth-order valence-corrected chi connectivity index (χ4v) is 6.59. The summed E-state index contributed by atoms with van der Waals surface area (Å²) in [7, 11) is 1.69. The fraction of sp³-hybridized carbons (Fsp3) is 0.458. The first-order valence-corrected chi connectivity index (χ1v) is 13.2. The van der Waals surface area contributed by atoms with Gasteiger partial charge in [0.1, 0.15) is 12.6 Å².